The maximum atomic E-state index is 12.5. The van der Waals surface area contributed by atoms with Crippen LogP contribution in [0.1, 0.15) is 46.9 Å². The lowest BCUT2D eigenvalue weighted by Crippen LogP contribution is -2.16. The van der Waals surface area contributed by atoms with Gasteiger partial charge >= 0.3 is 5.97 Å². The predicted molar refractivity (Wildman–Crippen MR) is 84.8 cm³/mol. The molecule has 0 radical (unpaired) electrons. The second-order valence-corrected chi connectivity index (χ2v) is 5.55. The van der Waals surface area contributed by atoms with Crippen LogP contribution < -0.4 is 0 Å². The van der Waals surface area contributed by atoms with Crippen LogP contribution in [0.4, 0.5) is 0 Å². The Morgan fingerprint density at radius 1 is 1.32 bits per heavy atom. The second kappa shape index (κ2) is 6.26. The van der Waals surface area contributed by atoms with E-state index in [1.807, 2.05) is 26.0 Å². The van der Waals surface area contributed by atoms with Crippen molar-refractivity contribution in [2.45, 2.75) is 39.5 Å². The zero-order chi connectivity index (χ0) is 15.5. The van der Waals surface area contributed by atoms with Gasteiger partial charge in [-0.05, 0) is 62.8 Å². The van der Waals surface area contributed by atoms with Crippen LogP contribution in [0.15, 0.2) is 24.5 Å². The van der Waals surface area contributed by atoms with Crippen LogP contribution in [0, 0.1) is 6.92 Å². The molecule has 1 aliphatic carbocycles. The lowest BCUT2D eigenvalue weighted by Gasteiger charge is -2.21. The first-order valence-electron chi connectivity index (χ1n) is 7.82. The van der Waals surface area contributed by atoms with Gasteiger partial charge in [0.1, 0.15) is 0 Å². The molecule has 0 unspecified atom stereocenters. The molecular weight excluding hydrogens is 276 g/mol. The summed E-state index contributed by atoms with van der Waals surface area (Å²) in [5, 5.41) is 0. The van der Waals surface area contributed by atoms with Gasteiger partial charge in [-0.15, -0.1) is 0 Å². The van der Waals surface area contributed by atoms with E-state index in [9.17, 15) is 4.79 Å². The SMILES string of the molecule is CCOC(=O)c1c(-c2cccnc2)nc2c(c1C)CCCC2. The summed E-state index contributed by atoms with van der Waals surface area (Å²) in [5.41, 5.74) is 5.52. The molecule has 4 heteroatoms. The number of aryl methyl sites for hydroxylation is 1. The number of nitrogens with zero attached hydrogens (tertiary/aromatic N) is 2. The van der Waals surface area contributed by atoms with Crippen LogP contribution in [0.5, 0.6) is 0 Å². The van der Waals surface area contributed by atoms with E-state index < -0.39 is 0 Å². The molecule has 22 heavy (non-hydrogen) atoms. The van der Waals surface area contributed by atoms with E-state index in [0.717, 1.165) is 42.5 Å². The van der Waals surface area contributed by atoms with Crippen molar-refractivity contribution in [1.29, 1.82) is 0 Å². The highest BCUT2D eigenvalue weighted by molar-refractivity contribution is 5.98. The molecule has 1 aliphatic rings. The quantitative estimate of drug-likeness (QED) is 0.813. The maximum Gasteiger partial charge on any atom is 0.340 e. The van der Waals surface area contributed by atoms with Gasteiger partial charge < -0.3 is 4.74 Å². The highest BCUT2D eigenvalue weighted by Crippen LogP contribution is 2.32. The smallest absolute Gasteiger partial charge is 0.340 e. The zero-order valence-electron chi connectivity index (χ0n) is 13.1. The lowest BCUT2D eigenvalue weighted by atomic mass is 9.88. The lowest BCUT2D eigenvalue weighted by molar-refractivity contribution is 0.0526. The predicted octanol–water partition coefficient (Wildman–Crippen LogP) is 3.51. The van der Waals surface area contributed by atoms with Gasteiger partial charge in [-0.1, -0.05) is 0 Å². The number of rotatable bonds is 3. The molecule has 0 aromatic carbocycles. The number of pyridine rings is 2. The van der Waals surface area contributed by atoms with Crippen molar-refractivity contribution in [3.63, 3.8) is 0 Å². The molecule has 0 bridgehead atoms. The third-order valence-electron chi connectivity index (χ3n) is 4.16. The summed E-state index contributed by atoms with van der Waals surface area (Å²) >= 11 is 0. The third-order valence-corrected chi connectivity index (χ3v) is 4.16. The Morgan fingerprint density at radius 2 is 2.14 bits per heavy atom. The average Bonchev–Trinajstić information content (AvgIpc) is 2.55. The van der Waals surface area contributed by atoms with Crippen LogP contribution >= 0.6 is 0 Å². The fourth-order valence-corrected chi connectivity index (χ4v) is 3.10. The van der Waals surface area contributed by atoms with Crippen LogP contribution in [-0.2, 0) is 17.6 Å². The van der Waals surface area contributed by atoms with Crippen molar-refractivity contribution in [3.05, 3.63) is 46.9 Å². The summed E-state index contributed by atoms with van der Waals surface area (Å²) in [6.07, 6.45) is 7.76. The van der Waals surface area contributed by atoms with E-state index >= 15 is 0 Å². The Morgan fingerprint density at radius 3 is 2.86 bits per heavy atom. The standard InChI is InChI=1S/C18H20N2O2/c1-3-22-18(21)16-12(2)14-8-4-5-9-15(14)20-17(16)13-7-6-10-19-11-13/h6-7,10-11H,3-5,8-9H2,1-2H3. The molecule has 114 valence electrons. The van der Waals surface area contributed by atoms with E-state index in [-0.39, 0.29) is 5.97 Å². The number of carbonyl (C=O) groups is 1. The Labute approximate surface area is 130 Å². The largest absolute Gasteiger partial charge is 0.462 e. The molecule has 3 rings (SSSR count). The molecule has 0 spiro atoms. The molecule has 0 aliphatic heterocycles. The summed E-state index contributed by atoms with van der Waals surface area (Å²) in [6.45, 7) is 4.20. The maximum absolute atomic E-state index is 12.5. The summed E-state index contributed by atoms with van der Waals surface area (Å²) in [5.74, 6) is -0.292. The first-order chi connectivity index (χ1) is 10.7. The molecule has 0 saturated carbocycles. The van der Waals surface area contributed by atoms with Crippen LogP contribution in [0.2, 0.25) is 0 Å². The summed E-state index contributed by atoms with van der Waals surface area (Å²) in [4.78, 5) is 21.4. The minimum absolute atomic E-state index is 0.292. The van der Waals surface area contributed by atoms with Crippen molar-refractivity contribution in [3.8, 4) is 11.3 Å². The number of aromatic nitrogens is 2. The fraction of sp³-hybridized carbons (Fsp3) is 0.389. The van der Waals surface area contributed by atoms with Gasteiger partial charge in [0.2, 0.25) is 0 Å². The first-order valence-corrected chi connectivity index (χ1v) is 7.82. The average molecular weight is 296 g/mol. The number of hydrogen-bond acceptors (Lipinski definition) is 4. The minimum atomic E-state index is -0.292. The van der Waals surface area contributed by atoms with E-state index in [4.69, 9.17) is 9.72 Å². The molecule has 0 amide bonds. The van der Waals surface area contributed by atoms with Crippen molar-refractivity contribution in [1.82, 2.24) is 9.97 Å². The molecule has 2 heterocycles. The second-order valence-electron chi connectivity index (χ2n) is 5.55. The van der Waals surface area contributed by atoms with Gasteiger partial charge in [0.15, 0.2) is 0 Å². The number of esters is 1. The molecule has 0 atom stereocenters. The Kier molecular flexibility index (Phi) is 4.18. The van der Waals surface area contributed by atoms with Crippen LogP contribution in [0.25, 0.3) is 11.3 Å². The van der Waals surface area contributed by atoms with Gasteiger partial charge in [-0.3, -0.25) is 9.97 Å². The van der Waals surface area contributed by atoms with Crippen molar-refractivity contribution in [2.75, 3.05) is 6.61 Å². The summed E-state index contributed by atoms with van der Waals surface area (Å²) in [6, 6.07) is 3.80. The Bertz CT molecular complexity index is 696. The van der Waals surface area contributed by atoms with Gasteiger partial charge in [0, 0.05) is 23.7 Å². The topological polar surface area (TPSA) is 52.1 Å². The molecule has 0 fully saturated rings. The van der Waals surface area contributed by atoms with Crippen LogP contribution in [0.3, 0.4) is 0 Å². The number of carbonyl (C=O) groups excluding carboxylic acids is 1. The van der Waals surface area contributed by atoms with Gasteiger partial charge in [0.05, 0.1) is 17.9 Å². The van der Waals surface area contributed by atoms with Gasteiger partial charge in [0.25, 0.3) is 0 Å². The van der Waals surface area contributed by atoms with Crippen molar-refractivity contribution >= 4 is 5.97 Å². The van der Waals surface area contributed by atoms with Gasteiger partial charge in [-0.25, -0.2) is 4.79 Å². The summed E-state index contributed by atoms with van der Waals surface area (Å²) in [7, 11) is 0. The fourth-order valence-electron chi connectivity index (χ4n) is 3.10. The van der Waals surface area contributed by atoms with E-state index in [2.05, 4.69) is 4.98 Å². The van der Waals surface area contributed by atoms with Crippen LogP contribution in [-0.4, -0.2) is 22.5 Å². The van der Waals surface area contributed by atoms with Crippen molar-refractivity contribution < 1.29 is 9.53 Å². The summed E-state index contributed by atoms with van der Waals surface area (Å²) < 4.78 is 5.26. The molecule has 2 aromatic heterocycles. The highest BCUT2D eigenvalue weighted by atomic mass is 16.5. The zero-order valence-corrected chi connectivity index (χ0v) is 13.1. The normalized spacial score (nSPS) is 13.5. The van der Waals surface area contributed by atoms with Crippen molar-refractivity contribution in [2.24, 2.45) is 0 Å². The molecule has 0 saturated heterocycles. The van der Waals surface area contributed by atoms with E-state index in [1.54, 1.807) is 12.4 Å². The Balaban J connectivity index is 2.22. The van der Waals surface area contributed by atoms with E-state index in [1.165, 1.54) is 5.56 Å². The molecule has 2 aromatic rings. The monoisotopic (exact) mass is 296 g/mol. The molecular formula is C18H20N2O2. The van der Waals surface area contributed by atoms with Gasteiger partial charge in [-0.2, -0.15) is 0 Å². The number of fused-ring (bicyclic) bond motifs is 1. The van der Waals surface area contributed by atoms with E-state index in [0.29, 0.717) is 17.9 Å². The number of ether oxygens (including phenoxy) is 1. The molecule has 4 nitrogen and oxygen atoms in total. The first kappa shape index (κ1) is 14.7. The number of hydrogen-bond donors (Lipinski definition) is 0. The third kappa shape index (κ3) is 2.61. The minimum Gasteiger partial charge on any atom is -0.462 e. The Hall–Kier alpha value is -2.23. The molecule has 0 N–H and O–H groups in total. The highest BCUT2D eigenvalue weighted by Gasteiger charge is 2.25.